The van der Waals surface area contributed by atoms with Crippen LogP contribution < -0.4 is 5.32 Å². The molecule has 0 aliphatic rings. The molecule has 0 aliphatic heterocycles. The number of hydrogen-bond acceptors (Lipinski definition) is 5. The highest BCUT2D eigenvalue weighted by Gasteiger charge is 2.24. The van der Waals surface area contributed by atoms with E-state index in [9.17, 15) is 19.8 Å². The molecular weight excluding hydrogens is 683 g/mol. The Morgan fingerprint density at radius 3 is 1.31 bits per heavy atom. The Bertz CT molecular complexity index is 832. The third-order valence-corrected chi connectivity index (χ3v) is 11.3. The molecular formula is C49H95NO5. The van der Waals surface area contributed by atoms with Crippen molar-refractivity contribution in [2.45, 2.75) is 283 Å². The Morgan fingerprint density at radius 2 is 0.873 bits per heavy atom. The Morgan fingerprint density at radius 1 is 0.509 bits per heavy atom. The number of aliphatic hydroxyl groups is 2. The van der Waals surface area contributed by atoms with Crippen molar-refractivity contribution < 1.29 is 24.5 Å². The molecule has 1 amide bonds. The lowest BCUT2D eigenvalue weighted by Gasteiger charge is -2.24. The average molecular weight is 778 g/mol. The second-order valence-electron chi connectivity index (χ2n) is 16.9. The molecule has 6 heteroatoms. The first-order chi connectivity index (χ1) is 27.0. The van der Waals surface area contributed by atoms with Gasteiger partial charge in [-0.3, -0.25) is 9.59 Å². The first kappa shape index (κ1) is 53.6. The van der Waals surface area contributed by atoms with Gasteiger partial charge in [0.2, 0.25) is 5.91 Å². The molecule has 0 bridgehead atoms. The minimum absolute atomic E-state index is 0.0782. The van der Waals surface area contributed by atoms with Crippen molar-refractivity contribution in [2.24, 2.45) is 0 Å². The fraction of sp³-hybridized carbons (Fsp3) is 0.918. The Labute approximate surface area is 342 Å². The van der Waals surface area contributed by atoms with Crippen LogP contribution in [-0.2, 0) is 14.3 Å². The van der Waals surface area contributed by atoms with Crippen LogP contribution in [0.2, 0.25) is 0 Å². The van der Waals surface area contributed by atoms with E-state index >= 15 is 0 Å². The SMILES string of the molecule is CCCCCC/C=C\CCCCCCCC(CC(=O)NC(CO)C(O)CCCCCCCCCCC)OC(=O)CCCCCCCCCCCCCCCC. The summed E-state index contributed by atoms with van der Waals surface area (Å²) in [5.74, 6) is -0.469. The number of nitrogens with one attached hydrogen (secondary N) is 1. The highest BCUT2D eigenvalue weighted by molar-refractivity contribution is 5.77. The number of amides is 1. The van der Waals surface area contributed by atoms with Gasteiger partial charge >= 0.3 is 5.97 Å². The van der Waals surface area contributed by atoms with Crippen molar-refractivity contribution in [1.29, 1.82) is 0 Å². The molecule has 55 heavy (non-hydrogen) atoms. The number of unbranched alkanes of at least 4 members (excludes halogenated alkanes) is 30. The molecule has 0 fully saturated rings. The van der Waals surface area contributed by atoms with Crippen LogP contribution in [0.1, 0.15) is 265 Å². The van der Waals surface area contributed by atoms with Crippen molar-refractivity contribution in [3.8, 4) is 0 Å². The maximum Gasteiger partial charge on any atom is 0.306 e. The topological polar surface area (TPSA) is 95.9 Å². The van der Waals surface area contributed by atoms with Crippen LogP contribution in [0.4, 0.5) is 0 Å². The lowest BCUT2D eigenvalue weighted by molar-refractivity contribution is -0.151. The molecule has 0 aliphatic carbocycles. The second kappa shape index (κ2) is 43.7. The molecule has 0 aromatic rings. The van der Waals surface area contributed by atoms with Crippen molar-refractivity contribution >= 4 is 11.9 Å². The highest BCUT2D eigenvalue weighted by atomic mass is 16.5. The van der Waals surface area contributed by atoms with Crippen LogP contribution in [0.15, 0.2) is 12.2 Å². The van der Waals surface area contributed by atoms with Gasteiger partial charge < -0.3 is 20.3 Å². The summed E-state index contributed by atoms with van der Waals surface area (Å²) in [6.07, 6.45) is 47.0. The van der Waals surface area contributed by atoms with E-state index in [-0.39, 0.29) is 24.9 Å². The maximum absolute atomic E-state index is 13.1. The van der Waals surface area contributed by atoms with Gasteiger partial charge in [0.15, 0.2) is 0 Å². The minimum Gasteiger partial charge on any atom is -0.462 e. The molecule has 0 aromatic heterocycles. The number of esters is 1. The van der Waals surface area contributed by atoms with Gasteiger partial charge in [-0.15, -0.1) is 0 Å². The number of ether oxygens (including phenoxy) is 1. The quantitative estimate of drug-likeness (QED) is 0.0325. The predicted molar refractivity (Wildman–Crippen MR) is 237 cm³/mol. The van der Waals surface area contributed by atoms with Crippen molar-refractivity contribution in [3.05, 3.63) is 12.2 Å². The smallest absolute Gasteiger partial charge is 0.306 e. The van der Waals surface area contributed by atoms with Crippen LogP contribution in [0.5, 0.6) is 0 Å². The fourth-order valence-electron chi connectivity index (χ4n) is 7.60. The average Bonchev–Trinajstić information content (AvgIpc) is 3.18. The molecule has 0 spiro atoms. The zero-order chi connectivity index (χ0) is 40.3. The third kappa shape index (κ3) is 39.2. The van der Waals surface area contributed by atoms with Crippen LogP contribution in [0.3, 0.4) is 0 Å². The number of rotatable bonds is 44. The lowest BCUT2D eigenvalue weighted by Crippen LogP contribution is -2.46. The van der Waals surface area contributed by atoms with Crippen LogP contribution >= 0.6 is 0 Å². The minimum atomic E-state index is -0.782. The van der Waals surface area contributed by atoms with Gasteiger partial charge in [0.05, 0.1) is 25.2 Å². The summed E-state index contributed by atoms with van der Waals surface area (Å²) in [4.78, 5) is 26.0. The molecule has 0 saturated carbocycles. The second-order valence-corrected chi connectivity index (χ2v) is 16.9. The molecule has 6 nitrogen and oxygen atoms in total. The number of allylic oxidation sites excluding steroid dienone is 2. The van der Waals surface area contributed by atoms with E-state index in [0.29, 0.717) is 19.3 Å². The standard InChI is InChI=1S/C49H95NO5/c1-4-7-10-13-16-19-21-23-25-27-30-33-36-39-42-49(54)55-45(40-37-34-31-29-26-24-22-20-17-14-11-8-5-2)43-48(53)50-46(44-51)47(52)41-38-35-32-28-18-15-12-9-6-3/h20,22,45-47,51-52H,4-19,21,23-44H2,1-3H3,(H,50,53)/b22-20-. The van der Waals surface area contributed by atoms with Crippen molar-refractivity contribution in [3.63, 3.8) is 0 Å². The zero-order valence-corrected chi connectivity index (χ0v) is 37.1. The van der Waals surface area contributed by atoms with Gasteiger partial charge in [0, 0.05) is 6.42 Å². The molecule has 0 heterocycles. The monoisotopic (exact) mass is 778 g/mol. The normalized spacial score (nSPS) is 13.3. The van der Waals surface area contributed by atoms with Gasteiger partial charge in [0.1, 0.15) is 6.10 Å². The van der Waals surface area contributed by atoms with Gasteiger partial charge in [0.25, 0.3) is 0 Å². The summed E-state index contributed by atoms with van der Waals surface area (Å²) in [7, 11) is 0. The Kier molecular flexibility index (Phi) is 42.6. The first-order valence-corrected chi connectivity index (χ1v) is 24.4. The Balaban J connectivity index is 4.55. The van der Waals surface area contributed by atoms with Crippen LogP contribution in [0, 0.1) is 0 Å². The van der Waals surface area contributed by atoms with E-state index in [1.165, 1.54) is 154 Å². The fourth-order valence-corrected chi connectivity index (χ4v) is 7.60. The molecule has 3 N–H and O–H groups in total. The van der Waals surface area contributed by atoms with Gasteiger partial charge in [-0.25, -0.2) is 0 Å². The maximum atomic E-state index is 13.1. The molecule has 3 unspecified atom stereocenters. The van der Waals surface area contributed by atoms with E-state index in [2.05, 4.69) is 38.2 Å². The van der Waals surface area contributed by atoms with Gasteiger partial charge in [-0.05, 0) is 51.4 Å². The van der Waals surface area contributed by atoms with E-state index in [1.54, 1.807) is 0 Å². The van der Waals surface area contributed by atoms with E-state index in [1.807, 2.05) is 0 Å². The summed E-state index contributed by atoms with van der Waals surface area (Å²) < 4.78 is 5.92. The largest absolute Gasteiger partial charge is 0.462 e. The zero-order valence-electron chi connectivity index (χ0n) is 37.1. The highest BCUT2D eigenvalue weighted by Crippen LogP contribution is 2.18. The molecule has 0 radical (unpaired) electrons. The molecule has 326 valence electrons. The molecule has 0 aromatic carbocycles. The van der Waals surface area contributed by atoms with Crippen LogP contribution in [-0.4, -0.2) is 46.9 Å². The summed E-state index contributed by atoms with van der Waals surface area (Å²) in [5, 5.41) is 23.6. The van der Waals surface area contributed by atoms with E-state index in [0.717, 1.165) is 64.2 Å². The number of hydrogen-bond donors (Lipinski definition) is 3. The number of carbonyl (C=O) groups is 2. The summed E-state index contributed by atoms with van der Waals surface area (Å²) in [6.45, 7) is 6.46. The summed E-state index contributed by atoms with van der Waals surface area (Å²) in [6, 6.07) is -0.696. The molecule has 0 rings (SSSR count). The Hall–Kier alpha value is -1.40. The third-order valence-electron chi connectivity index (χ3n) is 11.3. The van der Waals surface area contributed by atoms with E-state index in [4.69, 9.17) is 4.74 Å². The van der Waals surface area contributed by atoms with Gasteiger partial charge in [-0.2, -0.15) is 0 Å². The van der Waals surface area contributed by atoms with Crippen molar-refractivity contribution in [1.82, 2.24) is 5.32 Å². The number of carbonyl (C=O) groups excluding carboxylic acids is 2. The summed E-state index contributed by atoms with van der Waals surface area (Å²) >= 11 is 0. The summed E-state index contributed by atoms with van der Waals surface area (Å²) in [5.41, 5.74) is 0. The van der Waals surface area contributed by atoms with Crippen LogP contribution in [0.25, 0.3) is 0 Å². The first-order valence-electron chi connectivity index (χ1n) is 24.4. The van der Waals surface area contributed by atoms with Gasteiger partial charge in [-0.1, -0.05) is 213 Å². The predicted octanol–water partition coefficient (Wildman–Crippen LogP) is 14.2. The molecule has 0 saturated heterocycles. The number of aliphatic hydroxyl groups excluding tert-OH is 2. The van der Waals surface area contributed by atoms with E-state index < -0.39 is 18.2 Å². The molecule has 3 atom stereocenters. The van der Waals surface area contributed by atoms with Crippen molar-refractivity contribution in [2.75, 3.05) is 6.61 Å². The lowest BCUT2D eigenvalue weighted by atomic mass is 10.0.